The second kappa shape index (κ2) is 9.26. The van der Waals surface area contributed by atoms with Gasteiger partial charge in [-0.1, -0.05) is 18.2 Å². The Morgan fingerprint density at radius 1 is 0.944 bits per heavy atom. The topological polar surface area (TPSA) is 119 Å². The van der Waals surface area contributed by atoms with E-state index in [1.807, 2.05) is 49.6 Å². The number of rotatable bonds is 8. The highest BCUT2D eigenvalue weighted by atomic mass is 15.3. The van der Waals surface area contributed by atoms with Crippen molar-refractivity contribution in [3.05, 3.63) is 72.7 Å². The van der Waals surface area contributed by atoms with Crippen molar-refractivity contribution < 1.29 is 0 Å². The van der Waals surface area contributed by atoms with E-state index in [1.165, 1.54) is 18.5 Å². The summed E-state index contributed by atoms with van der Waals surface area (Å²) in [5, 5.41) is 12.3. The Morgan fingerprint density at radius 2 is 1.83 bits per heavy atom. The van der Waals surface area contributed by atoms with Crippen LogP contribution < -0.4 is 16.4 Å². The Labute approximate surface area is 208 Å². The fourth-order valence-corrected chi connectivity index (χ4v) is 4.25. The molecule has 5 aromatic rings. The van der Waals surface area contributed by atoms with Gasteiger partial charge in [-0.05, 0) is 49.2 Å². The van der Waals surface area contributed by atoms with Gasteiger partial charge in [-0.25, -0.2) is 15.0 Å². The zero-order valence-corrected chi connectivity index (χ0v) is 20.0. The summed E-state index contributed by atoms with van der Waals surface area (Å²) in [6.45, 7) is 1.28. The van der Waals surface area contributed by atoms with E-state index in [0.29, 0.717) is 47.7 Å². The summed E-state index contributed by atoms with van der Waals surface area (Å²) in [4.78, 5) is 18.8. The lowest BCUT2D eigenvalue weighted by atomic mass is 10.0. The molecule has 0 radical (unpaired) electrons. The van der Waals surface area contributed by atoms with Crippen molar-refractivity contribution >= 4 is 28.4 Å². The molecule has 0 aliphatic heterocycles. The molecular formula is C27H27N9. The van der Waals surface area contributed by atoms with Crippen LogP contribution in [0.1, 0.15) is 24.5 Å². The number of aryl methyl sites for hydroxylation is 1. The maximum absolute atomic E-state index is 6.34. The molecule has 4 heterocycles. The predicted molar refractivity (Wildman–Crippen MR) is 143 cm³/mol. The van der Waals surface area contributed by atoms with Crippen molar-refractivity contribution in [1.29, 1.82) is 0 Å². The lowest BCUT2D eigenvalue weighted by molar-refractivity contribution is 0.770. The fourth-order valence-electron chi connectivity index (χ4n) is 4.25. The van der Waals surface area contributed by atoms with E-state index in [-0.39, 0.29) is 0 Å². The number of nitrogens with two attached hydrogens (primary N) is 1. The maximum atomic E-state index is 6.34. The number of hydrogen-bond acceptors (Lipinski definition) is 8. The summed E-state index contributed by atoms with van der Waals surface area (Å²) >= 11 is 0. The number of anilines is 3. The summed E-state index contributed by atoms with van der Waals surface area (Å²) in [7, 11) is 1.87. The van der Waals surface area contributed by atoms with E-state index in [9.17, 15) is 0 Å². The molecule has 36 heavy (non-hydrogen) atoms. The third kappa shape index (κ3) is 4.55. The Morgan fingerprint density at radius 3 is 2.67 bits per heavy atom. The van der Waals surface area contributed by atoms with Crippen LogP contribution in [0.25, 0.3) is 33.5 Å². The lowest BCUT2D eigenvalue weighted by Crippen LogP contribution is -2.17. The number of benzene rings is 1. The summed E-state index contributed by atoms with van der Waals surface area (Å²) in [5.41, 5.74) is 11.4. The van der Waals surface area contributed by atoms with Gasteiger partial charge in [-0.15, -0.1) is 0 Å². The van der Waals surface area contributed by atoms with Gasteiger partial charge in [0.05, 0.1) is 5.52 Å². The Kier molecular flexibility index (Phi) is 5.65. The van der Waals surface area contributed by atoms with E-state index in [2.05, 4.69) is 38.9 Å². The Balaban J connectivity index is 1.26. The zero-order valence-electron chi connectivity index (χ0n) is 20.0. The lowest BCUT2D eigenvalue weighted by Gasteiger charge is -2.14. The van der Waals surface area contributed by atoms with Crippen molar-refractivity contribution in [2.45, 2.75) is 18.8 Å². The third-order valence-electron chi connectivity index (χ3n) is 6.25. The Bertz CT molecular complexity index is 1540. The van der Waals surface area contributed by atoms with Crippen LogP contribution in [0, 0.1) is 0 Å². The number of hydrogen-bond donors (Lipinski definition) is 3. The molecule has 0 saturated heterocycles. The van der Waals surface area contributed by atoms with Gasteiger partial charge in [0.1, 0.15) is 22.9 Å². The molecule has 6 rings (SSSR count). The average Bonchev–Trinajstić information content (AvgIpc) is 3.67. The molecule has 1 saturated carbocycles. The highest BCUT2D eigenvalue weighted by molar-refractivity contribution is 5.87. The molecule has 0 atom stereocenters. The van der Waals surface area contributed by atoms with Gasteiger partial charge in [0.15, 0.2) is 11.6 Å². The van der Waals surface area contributed by atoms with Gasteiger partial charge in [0.25, 0.3) is 0 Å². The van der Waals surface area contributed by atoms with Crippen LogP contribution in [0.4, 0.5) is 17.5 Å². The third-order valence-corrected chi connectivity index (χ3v) is 6.25. The van der Waals surface area contributed by atoms with Crippen LogP contribution in [-0.2, 0) is 7.05 Å². The van der Waals surface area contributed by atoms with Crippen molar-refractivity contribution in [3.63, 3.8) is 0 Å². The number of nitrogens with one attached hydrogen (secondary N) is 2. The molecule has 1 aromatic carbocycles. The van der Waals surface area contributed by atoms with Gasteiger partial charge < -0.3 is 16.4 Å². The molecule has 0 unspecified atom stereocenters. The fraction of sp³-hybridized carbons (Fsp3) is 0.222. The molecule has 1 aliphatic carbocycles. The number of nitrogen functional groups attached to an aromatic ring is 1. The van der Waals surface area contributed by atoms with Gasteiger partial charge in [-0.2, -0.15) is 5.10 Å². The second-order valence-corrected chi connectivity index (χ2v) is 9.02. The van der Waals surface area contributed by atoms with E-state index in [4.69, 9.17) is 20.7 Å². The molecule has 4 aromatic heterocycles. The molecule has 180 valence electrons. The summed E-state index contributed by atoms with van der Waals surface area (Å²) in [6, 6.07) is 18.1. The molecule has 0 spiro atoms. The predicted octanol–water partition coefficient (Wildman–Crippen LogP) is 4.47. The molecule has 9 heteroatoms. The highest BCUT2D eigenvalue weighted by Gasteiger charge is 2.24. The monoisotopic (exact) mass is 477 g/mol. The minimum atomic E-state index is 0.329. The number of pyridine rings is 2. The maximum Gasteiger partial charge on any atom is 0.169 e. The van der Waals surface area contributed by atoms with Crippen molar-refractivity contribution in [3.8, 4) is 22.6 Å². The number of aromatic nitrogens is 6. The van der Waals surface area contributed by atoms with Crippen molar-refractivity contribution in [1.82, 2.24) is 29.7 Å². The minimum Gasteiger partial charge on any atom is -0.381 e. The second-order valence-electron chi connectivity index (χ2n) is 9.02. The normalized spacial score (nSPS) is 13.1. The van der Waals surface area contributed by atoms with E-state index in [1.54, 1.807) is 10.9 Å². The molecule has 9 nitrogen and oxygen atoms in total. The Hall–Kier alpha value is -4.53. The van der Waals surface area contributed by atoms with Gasteiger partial charge in [0, 0.05) is 55.1 Å². The first-order valence-corrected chi connectivity index (χ1v) is 12.1. The summed E-state index contributed by atoms with van der Waals surface area (Å²) in [6.07, 6.45) is 6.14. The van der Waals surface area contributed by atoms with Crippen LogP contribution in [0.15, 0.2) is 67.0 Å². The standard InChI is InChI=1S/C27H27N9/c1-36-15-11-22(35-36)25-24(19-9-10-20-18(16-19)4-3-12-29-20)34-27(26(28)33-25)31-14-13-30-23-6-2-5-21(32-23)17-7-8-17/h2-6,9-12,15-17H,7-8,13-14H2,1H3,(H2,28,33)(H,30,32)(H,31,34). The van der Waals surface area contributed by atoms with E-state index in [0.717, 1.165) is 22.3 Å². The minimum absolute atomic E-state index is 0.329. The quantitative estimate of drug-likeness (QED) is 0.280. The van der Waals surface area contributed by atoms with E-state index >= 15 is 0 Å². The first-order valence-electron chi connectivity index (χ1n) is 12.1. The van der Waals surface area contributed by atoms with Gasteiger partial charge in [0.2, 0.25) is 0 Å². The van der Waals surface area contributed by atoms with Crippen LogP contribution >= 0.6 is 0 Å². The average molecular weight is 478 g/mol. The van der Waals surface area contributed by atoms with Crippen LogP contribution in [0.2, 0.25) is 0 Å². The van der Waals surface area contributed by atoms with Crippen molar-refractivity contribution in [2.75, 3.05) is 29.5 Å². The zero-order chi connectivity index (χ0) is 24.5. The van der Waals surface area contributed by atoms with Gasteiger partial charge >= 0.3 is 0 Å². The molecule has 0 bridgehead atoms. The summed E-state index contributed by atoms with van der Waals surface area (Å²) in [5.74, 6) is 2.38. The SMILES string of the molecule is Cn1ccc(-c2nc(N)c(NCCNc3cccc(C4CC4)n3)nc2-c2ccc3ncccc3c2)n1. The van der Waals surface area contributed by atoms with E-state index < -0.39 is 0 Å². The molecule has 0 amide bonds. The van der Waals surface area contributed by atoms with Crippen LogP contribution in [0.5, 0.6) is 0 Å². The molecule has 1 fully saturated rings. The van der Waals surface area contributed by atoms with Crippen molar-refractivity contribution in [2.24, 2.45) is 7.05 Å². The smallest absolute Gasteiger partial charge is 0.169 e. The van der Waals surface area contributed by atoms with Gasteiger partial charge in [-0.3, -0.25) is 9.67 Å². The first kappa shape index (κ1) is 22.0. The molecule has 1 aliphatic rings. The molecular weight excluding hydrogens is 450 g/mol. The largest absolute Gasteiger partial charge is 0.381 e. The highest BCUT2D eigenvalue weighted by Crippen LogP contribution is 2.39. The number of fused-ring (bicyclic) bond motifs is 1. The number of nitrogens with zero attached hydrogens (tertiary/aromatic N) is 6. The van der Waals surface area contributed by atoms with Crippen LogP contribution in [-0.4, -0.2) is 42.8 Å². The molecule has 4 N–H and O–H groups in total. The summed E-state index contributed by atoms with van der Waals surface area (Å²) < 4.78 is 1.74. The first-order chi connectivity index (χ1) is 17.6. The van der Waals surface area contributed by atoms with Crippen LogP contribution in [0.3, 0.4) is 0 Å².